The first-order valence-corrected chi connectivity index (χ1v) is 8.61. The second-order valence-corrected chi connectivity index (χ2v) is 6.18. The Hall–Kier alpha value is -3.13. The first-order chi connectivity index (χ1) is 12.7. The van der Waals surface area contributed by atoms with E-state index in [0.29, 0.717) is 22.8 Å². The molecule has 1 N–H and O–H groups in total. The van der Waals surface area contributed by atoms with Gasteiger partial charge in [-0.15, -0.1) is 11.3 Å². The maximum absolute atomic E-state index is 12.0. The highest BCUT2D eigenvalue weighted by Crippen LogP contribution is 2.25. The standard InChI is InChI=1S/C18H16N2O5S/c1-23-14-5-2-4-12(8-14)18(22)19-10-17(21)24-11-13-9-15(25-20-13)16-6-3-7-26-16/h2-9H,10-11H2,1H3,(H,19,22). The van der Waals surface area contributed by atoms with Crippen molar-refractivity contribution in [2.45, 2.75) is 6.61 Å². The Kier molecular flexibility index (Phi) is 5.65. The maximum Gasteiger partial charge on any atom is 0.325 e. The highest BCUT2D eigenvalue weighted by molar-refractivity contribution is 7.13. The molecule has 0 bridgehead atoms. The summed E-state index contributed by atoms with van der Waals surface area (Å²) in [6, 6.07) is 12.2. The zero-order valence-corrected chi connectivity index (χ0v) is 14.7. The molecule has 0 radical (unpaired) electrons. The lowest BCUT2D eigenvalue weighted by atomic mass is 10.2. The van der Waals surface area contributed by atoms with Gasteiger partial charge in [0.05, 0.1) is 12.0 Å². The number of nitrogens with zero attached hydrogens (tertiary/aromatic N) is 1. The number of ether oxygens (including phenoxy) is 2. The number of rotatable bonds is 7. The minimum absolute atomic E-state index is 0.0251. The number of esters is 1. The number of hydrogen-bond acceptors (Lipinski definition) is 7. The van der Waals surface area contributed by atoms with Gasteiger partial charge in [0.2, 0.25) is 0 Å². The molecule has 0 saturated heterocycles. The quantitative estimate of drug-likeness (QED) is 0.641. The smallest absolute Gasteiger partial charge is 0.325 e. The number of amides is 1. The molecule has 0 saturated carbocycles. The molecule has 3 rings (SSSR count). The van der Waals surface area contributed by atoms with Crippen molar-refractivity contribution < 1.29 is 23.6 Å². The lowest BCUT2D eigenvalue weighted by Crippen LogP contribution is -2.30. The molecule has 134 valence electrons. The fourth-order valence-electron chi connectivity index (χ4n) is 2.14. The summed E-state index contributed by atoms with van der Waals surface area (Å²) in [4.78, 5) is 24.8. The van der Waals surface area contributed by atoms with Crippen LogP contribution < -0.4 is 10.1 Å². The van der Waals surface area contributed by atoms with Crippen molar-refractivity contribution in [3.63, 3.8) is 0 Å². The number of nitrogens with one attached hydrogen (secondary N) is 1. The number of benzene rings is 1. The van der Waals surface area contributed by atoms with E-state index in [9.17, 15) is 9.59 Å². The Labute approximate surface area is 153 Å². The number of aromatic nitrogens is 1. The first-order valence-electron chi connectivity index (χ1n) is 7.73. The largest absolute Gasteiger partial charge is 0.497 e. The number of carbonyl (C=O) groups is 2. The second kappa shape index (κ2) is 8.30. The van der Waals surface area contributed by atoms with Gasteiger partial charge in [-0.2, -0.15) is 0 Å². The van der Waals surface area contributed by atoms with Crippen molar-refractivity contribution in [2.75, 3.05) is 13.7 Å². The average Bonchev–Trinajstić information content (AvgIpc) is 3.35. The Morgan fingerprint density at radius 3 is 2.88 bits per heavy atom. The summed E-state index contributed by atoms with van der Waals surface area (Å²) < 4.78 is 15.4. The van der Waals surface area contributed by atoms with Crippen LogP contribution in [0.1, 0.15) is 16.1 Å². The monoisotopic (exact) mass is 372 g/mol. The molecule has 0 fully saturated rings. The summed E-state index contributed by atoms with van der Waals surface area (Å²) >= 11 is 1.53. The molecule has 3 aromatic rings. The van der Waals surface area contributed by atoms with Gasteiger partial charge in [0.1, 0.15) is 24.6 Å². The van der Waals surface area contributed by atoms with Crippen molar-refractivity contribution in [3.05, 3.63) is 59.1 Å². The molecule has 2 aromatic heterocycles. The Bertz CT molecular complexity index is 889. The van der Waals surface area contributed by atoms with Crippen molar-refractivity contribution in [3.8, 4) is 16.4 Å². The minimum Gasteiger partial charge on any atom is -0.497 e. The first kappa shape index (κ1) is 17.7. The molecule has 7 nitrogen and oxygen atoms in total. The van der Waals surface area contributed by atoms with Crippen LogP contribution in [0.3, 0.4) is 0 Å². The van der Waals surface area contributed by atoms with E-state index in [-0.39, 0.29) is 19.1 Å². The van der Waals surface area contributed by atoms with E-state index >= 15 is 0 Å². The summed E-state index contributed by atoms with van der Waals surface area (Å²) in [6.07, 6.45) is 0. The molecule has 0 aliphatic heterocycles. The summed E-state index contributed by atoms with van der Waals surface area (Å²) in [5, 5.41) is 8.30. The number of thiophene rings is 1. The molecule has 26 heavy (non-hydrogen) atoms. The van der Waals surface area contributed by atoms with Crippen LogP contribution in [0.15, 0.2) is 52.4 Å². The highest BCUT2D eigenvalue weighted by atomic mass is 32.1. The Balaban J connectivity index is 1.46. The van der Waals surface area contributed by atoms with Crippen LogP contribution in [0.4, 0.5) is 0 Å². The van der Waals surface area contributed by atoms with Crippen LogP contribution in [0.5, 0.6) is 5.75 Å². The Morgan fingerprint density at radius 1 is 1.23 bits per heavy atom. The predicted molar refractivity (Wildman–Crippen MR) is 94.9 cm³/mol. The van der Waals surface area contributed by atoms with Gasteiger partial charge >= 0.3 is 5.97 Å². The third-order valence-corrected chi connectivity index (χ3v) is 4.31. The Morgan fingerprint density at radius 2 is 2.12 bits per heavy atom. The van der Waals surface area contributed by atoms with Crippen molar-refractivity contribution >= 4 is 23.2 Å². The fourth-order valence-corrected chi connectivity index (χ4v) is 2.81. The van der Waals surface area contributed by atoms with Gasteiger partial charge in [-0.1, -0.05) is 17.3 Å². The minimum atomic E-state index is -0.568. The van der Waals surface area contributed by atoms with Gasteiger partial charge in [-0.25, -0.2) is 0 Å². The third kappa shape index (κ3) is 4.48. The van der Waals surface area contributed by atoms with Crippen LogP contribution in [0.25, 0.3) is 10.6 Å². The number of methoxy groups -OCH3 is 1. The van der Waals surface area contributed by atoms with Gasteiger partial charge < -0.3 is 19.3 Å². The second-order valence-electron chi connectivity index (χ2n) is 5.24. The fraction of sp³-hybridized carbons (Fsp3) is 0.167. The molecule has 0 aliphatic rings. The molecule has 1 aromatic carbocycles. The zero-order valence-electron chi connectivity index (χ0n) is 13.9. The molecule has 0 aliphatic carbocycles. The average molecular weight is 372 g/mol. The summed E-state index contributed by atoms with van der Waals surface area (Å²) in [7, 11) is 1.52. The zero-order chi connectivity index (χ0) is 18.4. The predicted octanol–water partition coefficient (Wildman–Crippen LogP) is 2.88. The lowest BCUT2D eigenvalue weighted by Gasteiger charge is -2.06. The molecular formula is C18H16N2O5S. The lowest BCUT2D eigenvalue weighted by molar-refractivity contribution is -0.143. The van der Waals surface area contributed by atoms with Gasteiger partial charge in [-0.05, 0) is 29.6 Å². The molecule has 1 amide bonds. The van der Waals surface area contributed by atoms with Crippen LogP contribution in [-0.4, -0.2) is 30.7 Å². The summed E-state index contributed by atoms with van der Waals surface area (Å²) in [5.41, 5.74) is 0.898. The third-order valence-electron chi connectivity index (χ3n) is 3.43. The van der Waals surface area contributed by atoms with Crippen molar-refractivity contribution in [2.24, 2.45) is 0 Å². The summed E-state index contributed by atoms with van der Waals surface area (Å²) in [6.45, 7) is -0.269. The molecule has 0 atom stereocenters. The van der Waals surface area contributed by atoms with Crippen molar-refractivity contribution in [1.82, 2.24) is 10.5 Å². The van der Waals surface area contributed by atoms with E-state index in [1.807, 2.05) is 17.5 Å². The summed E-state index contributed by atoms with van der Waals surface area (Å²) in [5.74, 6) is 0.231. The van der Waals surface area contributed by atoms with E-state index < -0.39 is 5.97 Å². The number of hydrogen-bond donors (Lipinski definition) is 1. The highest BCUT2D eigenvalue weighted by Gasteiger charge is 2.12. The molecule has 0 unspecified atom stereocenters. The van der Waals surface area contributed by atoms with E-state index in [4.69, 9.17) is 14.0 Å². The normalized spacial score (nSPS) is 10.3. The maximum atomic E-state index is 12.0. The van der Waals surface area contributed by atoms with Gasteiger partial charge in [0, 0.05) is 11.6 Å². The van der Waals surface area contributed by atoms with E-state index in [2.05, 4.69) is 10.5 Å². The van der Waals surface area contributed by atoms with Gasteiger partial charge in [-0.3, -0.25) is 9.59 Å². The van der Waals surface area contributed by atoms with Gasteiger partial charge in [0.25, 0.3) is 5.91 Å². The van der Waals surface area contributed by atoms with Crippen LogP contribution in [-0.2, 0) is 16.1 Å². The van der Waals surface area contributed by atoms with E-state index in [1.54, 1.807) is 30.3 Å². The van der Waals surface area contributed by atoms with E-state index in [1.165, 1.54) is 18.4 Å². The molecule has 0 spiro atoms. The molecule has 8 heteroatoms. The SMILES string of the molecule is COc1cccc(C(=O)NCC(=O)OCc2cc(-c3cccs3)on2)c1. The van der Waals surface area contributed by atoms with Gasteiger partial charge in [0.15, 0.2) is 5.76 Å². The molecule has 2 heterocycles. The molecular weight excluding hydrogens is 356 g/mol. The van der Waals surface area contributed by atoms with E-state index in [0.717, 1.165) is 4.88 Å². The van der Waals surface area contributed by atoms with Crippen molar-refractivity contribution in [1.29, 1.82) is 0 Å². The van der Waals surface area contributed by atoms with Crippen LogP contribution in [0, 0.1) is 0 Å². The topological polar surface area (TPSA) is 90.7 Å². The van der Waals surface area contributed by atoms with Crippen LogP contribution in [0.2, 0.25) is 0 Å². The van der Waals surface area contributed by atoms with Crippen LogP contribution >= 0.6 is 11.3 Å². The number of carbonyl (C=O) groups excluding carboxylic acids is 2.